The van der Waals surface area contributed by atoms with E-state index in [1.165, 1.54) is 22.3 Å². The molecule has 0 aliphatic heterocycles. The van der Waals surface area contributed by atoms with E-state index < -0.39 is 0 Å². The Bertz CT molecular complexity index is 851. The van der Waals surface area contributed by atoms with Crippen LogP contribution in [0.2, 0.25) is 0 Å². The summed E-state index contributed by atoms with van der Waals surface area (Å²) in [6, 6.07) is 15.2. The highest BCUT2D eigenvalue weighted by Crippen LogP contribution is 2.43. The fourth-order valence-electron chi connectivity index (χ4n) is 3.59. The lowest BCUT2D eigenvalue weighted by atomic mass is 9.78. The van der Waals surface area contributed by atoms with Gasteiger partial charge in [-0.15, -0.1) is 0 Å². The largest absolute Gasteiger partial charge is 0.378 e. The van der Waals surface area contributed by atoms with Gasteiger partial charge in [-0.3, -0.25) is 0 Å². The third kappa shape index (κ3) is 3.13. The number of nitrogens with zero attached hydrogens (tertiary/aromatic N) is 1. The Kier molecular flexibility index (Phi) is 4.32. The summed E-state index contributed by atoms with van der Waals surface area (Å²) in [6.45, 7) is 8.56. The zero-order valence-electron chi connectivity index (χ0n) is 16.1. The molecule has 0 bridgehead atoms. The van der Waals surface area contributed by atoms with Crippen molar-refractivity contribution in [2.45, 2.75) is 33.6 Å². The first-order valence-corrected chi connectivity index (χ1v) is 8.88. The molecular weight excluding hydrogens is 304 g/mol. The predicted octanol–water partition coefficient (Wildman–Crippen LogP) is 5.72. The van der Waals surface area contributed by atoms with Crippen LogP contribution in [0.15, 0.2) is 48.0 Å². The molecule has 2 heteroatoms. The topological polar surface area (TPSA) is 27.1 Å². The summed E-state index contributed by atoms with van der Waals surface area (Å²) in [5.74, 6) is 0.241. The minimum atomic E-state index is -0.185. The van der Waals surface area contributed by atoms with Crippen LogP contribution in [0.1, 0.15) is 55.9 Å². The zero-order chi connectivity index (χ0) is 18.4. The van der Waals surface area contributed by atoms with Gasteiger partial charge in [0.1, 0.15) is 0 Å². The minimum absolute atomic E-state index is 0.185. The Morgan fingerprint density at radius 2 is 1.68 bits per heavy atom. The van der Waals surface area contributed by atoms with Crippen molar-refractivity contribution >= 4 is 17.5 Å². The quantitative estimate of drug-likeness (QED) is 0.716. The molecule has 0 amide bonds. The number of allylic oxidation sites excluding steroid dienone is 1. The van der Waals surface area contributed by atoms with Gasteiger partial charge >= 0.3 is 0 Å². The Balaban J connectivity index is 2.20. The van der Waals surface area contributed by atoms with E-state index in [0.717, 1.165) is 11.3 Å². The van der Waals surface area contributed by atoms with Crippen molar-refractivity contribution in [2.24, 2.45) is 5.41 Å². The first kappa shape index (κ1) is 17.5. The summed E-state index contributed by atoms with van der Waals surface area (Å²) in [4.78, 5) is 2.11. The molecule has 0 radical (unpaired) electrons. The Morgan fingerprint density at radius 1 is 1.00 bits per heavy atom. The summed E-state index contributed by atoms with van der Waals surface area (Å²) >= 11 is 0. The third-order valence-electron chi connectivity index (χ3n) is 5.03. The fourth-order valence-corrected chi connectivity index (χ4v) is 3.59. The highest BCUT2D eigenvalue weighted by atomic mass is 15.1. The van der Waals surface area contributed by atoms with E-state index in [-0.39, 0.29) is 11.3 Å². The van der Waals surface area contributed by atoms with Crippen LogP contribution in [0.5, 0.6) is 0 Å². The van der Waals surface area contributed by atoms with E-state index in [1.807, 2.05) is 0 Å². The zero-order valence-corrected chi connectivity index (χ0v) is 16.1. The van der Waals surface area contributed by atoms with Crippen LogP contribution in [-0.2, 0) is 0 Å². The van der Waals surface area contributed by atoms with E-state index in [2.05, 4.69) is 95.2 Å². The second kappa shape index (κ2) is 6.18. The van der Waals surface area contributed by atoms with Crippen LogP contribution in [0.3, 0.4) is 0 Å². The van der Waals surface area contributed by atoms with Gasteiger partial charge < -0.3 is 10.3 Å². The van der Waals surface area contributed by atoms with Crippen LogP contribution in [0, 0.1) is 10.8 Å². The van der Waals surface area contributed by atoms with Crippen molar-refractivity contribution in [2.75, 3.05) is 19.0 Å². The van der Waals surface area contributed by atoms with Crippen LogP contribution in [0.25, 0.3) is 6.08 Å². The molecule has 1 N–H and O–H groups in total. The molecule has 1 aliphatic carbocycles. The van der Waals surface area contributed by atoms with Crippen molar-refractivity contribution in [3.8, 4) is 0 Å². The number of rotatable bonds is 3. The van der Waals surface area contributed by atoms with E-state index in [9.17, 15) is 0 Å². The van der Waals surface area contributed by atoms with E-state index >= 15 is 0 Å². The maximum Gasteiger partial charge on any atom is 0.0443 e. The lowest BCUT2D eigenvalue weighted by molar-refractivity contribution is 0.588. The van der Waals surface area contributed by atoms with Crippen molar-refractivity contribution in [3.05, 3.63) is 70.3 Å². The Morgan fingerprint density at radius 3 is 2.32 bits per heavy atom. The van der Waals surface area contributed by atoms with Crippen molar-refractivity contribution in [1.29, 1.82) is 5.41 Å². The maximum absolute atomic E-state index is 8.84. The second-order valence-corrected chi connectivity index (χ2v) is 8.24. The molecule has 1 atom stereocenters. The molecule has 0 fully saturated rings. The van der Waals surface area contributed by atoms with Gasteiger partial charge in [0.05, 0.1) is 0 Å². The van der Waals surface area contributed by atoms with Crippen LogP contribution in [-0.4, -0.2) is 19.8 Å². The molecular formula is C23H28N2. The molecule has 25 heavy (non-hydrogen) atoms. The van der Waals surface area contributed by atoms with E-state index in [0.29, 0.717) is 5.71 Å². The molecule has 3 rings (SSSR count). The van der Waals surface area contributed by atoms with Gasteiger partial charge in [-0.05, 0) is 35.7 Å². The summed E-state index contributed by atoms with van der Waals surface area (Å²) in [5.41, 5.74) is 7.95. The minimum Gasteiger partial charge on any atom is -0.378 e. The fraction of sp³-hybridized carbons (Fsp3) is 0.348. The molecule has 130 valence electrons. The first-order valence-electron chi connectivity index (χ1n) is 8.88. The molecule has 2 aromatic rings. The average molecular weight is 332 g/mol. The lowest BCUT2D eigenvalue weighted by Crippen LogP contribution is -2.23. The monoisotopic (exact) mass is 332 g/mol. The third-order valence-corrected chi connectivity index (χ3v) is 5.03. The average Bonchev–Trinajstić information content (AvgIpc) is 2.88. The smallest absolute Gasteiger partial charge is 0.0443 e. The molecule has 1 aliphatic rings. The first-order chi connectivity index (χ1) is 11.7. The summed E-state index contributed by atoms with van der Waals surface area (Å²) in [7, 11) is 4.10. The van der Waals surface area contributed by atoms with Crippen molar-refractivity contribution in [3.63, 3.8) is 0 Å². The molecule has 0 spiro atoms. The Hall–Kier alpha value is -2.35. The van der Waals surface area contributed by atoms with Gasteiger partial charge in [-0.2, -0.15) is 0 Å². The van der Waals surface area contributed by atoms with Gasteiger partial charge in [0.25, 0.3) is 0 Å². The molecule has 0 saturated carbocycles. The van der Waals surface area contributed by atoms with Crippen LogP contribution >= 0.6 is 0 Å². The number of nitrogens with one attached hydrogen (secondary N) is 1. The van der Waals surface area contributed by atoms with E-state index in [1.54, 1.807) is 0 Å². The van der Waals surface area contributed by atoms with Crippen LogP contribution < -0.4 is 4.90 Å². The molecule has 2 nitrogen and oxygen atoms in total. The molecule has 0 heterocycles. The second-order valence-electron chi connectivity index (χ2n) is 8.24. The molecule has 0 aromatic heterocycles. The molecule has 2 aromatic carbocycles. The Labute approximate surface area is 151 Å². The highest BCUT2D eigenvalue weighted by Gasteiger charge is 2.29. The van der Waals surface area contributed by atoms with Gasteiger partial charge in [0, 0.05) is 42.4 Å². The van der Waals surface area contributed by atoms with E-state index in [4.69, 9.17) is 5.41 Å². The summed E-state index contributed by atoms with van der Waals surface area (Å²) in [5, 5.41) is 8.84. The van der Waals surface area contributed by atoms with Crippen molar-refractivity contribution in [1.82, 2.24) is 0 Å². The van der Waals surface area contributed by atoms with Crippen molar-refractivity contribution < 1.29 is 0 Å². The number of hydrogen-bond donors (Lipinski definition) is 1. The standard InChI is InChI=1S/C23H28N2/c1-15-13-16-9-7-8-10-18(16)21(15)19-12-11-17(25(5)6)14-20(19)22(24)23(2,3)4/h7-14,21,24H,1-6H3. The normalized spacial score (nSPS) is 16.4. The van der Waals surface area contributed by atoms with Gasteiger partial charge in [0.15, 0.2) is 0 Å². The highest BCUT2D eigenvalue weighted by molar-refractivity contribution is 6.04. The summed E-state index contributed by atoms with van der Waals surface area (Å²) in [6.07, 6.45) is 2.28. The van der Waals surface area contributed by atoms with Gasteiger partial charge in [-0.1, -0.05) is 62.8 Å². The summed E-state index contributed by atoms with van der Waals surface area (Å²) < 4.78 is 0. The van der Waals surface area contributed by atoms with Crippen LogP contribution in [0.4, 0.5) is 5.69 Å². The number of fused-ring (bicyclic) bond motifs is 1. The molecule has 1 unspecified atom stereocenters. The maximum atomic E-state index is 8.84. The molecule has 0 saturated heterocycles. The predicted molar refractivity (Wildman–Crippen MR) is 109 cm³/mol. The number of hydrogen-bond acceptors (Lipinski definition) is 2. The lowest BCUT2D eigenvalue weighted by Gasteiger charge is -2.27. The number of anilines is 1. The van der Waals surface area contributed by atoms with Gasteiger partial charge in [0.2, 0.25) is 0 Å². The SMILES string of the molecule is CC1=Cc2ccccc2C1c1ccc(N(C)C)cc1C(=N)C(C)(C)C. The number of benzene rings is 2. The van der Waals surface area contributed by atoms with Gasteiger partial charge in [-0.25, -0.2) is 0 Å².